The molecule has 0 unspecified atom stereocenters. The lowest BCUT2D eigenvalue weighted by molar-refractivity contribution is -0.137. The summed E-state index contributed by atoms with van der Waals surface area (Å²) in [5.41, 5.74) is 1.99. The molecule has 0 spiro atoms. The number of fused-ring (bicyclic) bond motifs is 1. The van der Waals surface area contributed by atoms with E-state index in [1.807, 2.05) is 6.92 Å². The highest BCUT2D eigenvalue weighted by Gasteiger charge is 2.31. The fraction of sp³-hybridized carbons (Fsp3) is 0.0833. The van der Waals surface area contributed by atoms with E-state index in [2.05, 4.69) is 20.4 Å². The number of carbonyl (C=O) groups is 1. The van der Waals surface area contributed by atoms with Gasteiger partial charge in [0.15, 0.2) is 0 Å². The summed E-state index contributed by atoms with van der Waals surface area (Å²) in [7, 11) is -4.13. The number of carbonyl (C=O) groups excluding carboxylic acids is 1. The molecule has 3 aromatic heterocycles. The molecule has 0 amide bonds. The van der Waals surface area contributed by atoms with Gasteiger partial charge in [-0.25, -0.2) is 27.0 Å². The first-order chi connectivity index (χ1) is 17.6. The maximum absolute atomic E-state index is 13.1. The van der Waals surface area contributed by atoms with Gasteiger partial charge in [-0.15, -0.1) is 0 Å². The topological polar surface area (TPSA) is 112 Å². The predicted octanol–water partition coefficient (Wildman–Crippen LogP) is 4.64. The lowest BCUT2D eigenvalue weighted by Gasteiger charge is -2.11. The van der Waals surface area contributed by atoms with Crippen LogP contribution in [0.25, 0.3) is 22.2 Å². The van der Waals surface area contributed by atoms with Crippen molar-refractivity contribution >= 4 is 39.0 Å². The Bertz CT molecular complexity index is 1740. The minimum absolute atomic E-state index is 0.265. The number of aryl methyl sites for hydroxylation is 1. The summed E-state index contributed by atoms with van der Waals surface area (Å²) in [5.74, 6) is 0.274. The Morgan fingerprint density at radius 1 is 1.03 bits per heavy atom. The Balaban J connectivity index is 1.43. The molecule has 0 fully saturated rings. The Labute approximate surface area is 208 Å². The molecule has 0 atom stereocenters. The molecule has 0 aliphatic heterocycles. The summed E-state index contributed by atoms with van der Waals surface area (Å²) in [5, 5.41) is 7.56. The van der Waals surface area contributed by atoms with Crippen molar-refractivity contribution < 1.29 is 26.4 Å². The van der Waals surface area contributed by atoms with Gasteiger partial charge < -0.3 is 5.32 Å². The van der Waals surface area contributed by atoms with Gasteiger partial charge in [-0.3, -0.25) is 4.79 Å². The zero-order chi connectivity index (χ0) is 26.4. The molecule has 5 aromatic rings. The van der Waals surface area contributed by atoms with E-state index < -0.39 is 21.8 Å². The third-order valence-corrected chi connectivity index (χ3v) is 7.31. The standard InChI is InChI=1S/C24H17F3N6O3S/c1-15-11-28-23(31-22(15)17-12-29-32(13-17)14-34)30-19-4-7-21-16(10-19)8-9-33(21)37(35,36)20-5-2-18(3-6-20)24(25,26)27/h2-14H,1H3,(H,28,30,31). The minimum atomic E-state index is -4.56. The van der Waals surface area contributed by atoms with E-state index in [1.54, 1.807) is 30.5 Å². The molecule has 37 heavy (non-hydrogen) atoms. The van der Waals surface area contributed by atoms with E-state index in [9.17, 15) is 26.4 Å². The monoisotopic (exact) mass is 526 g/mol. The summed E-state index contributed by atoms with van der Waals surface area (Å²) in [6.07, 6.45) is 2.02. The van der Waals surface area contributed by atoms with Crippen LogP contribution < -0.4 is 5.32 Å². The Morgan fingerprint density at radius 3 is 2.46 bits per heavy atom. The summed E-state index contributed by atoms with van der Waals surface area (Å²) >= 11 is 0. The van der Waals surface area contributed by atoms with E-state index in [4.69, 9.17) is 0 Å². The molecule has 9 nitrogen and oxygen atoms in total. The van der Waals surface area contributed by atoms with Crippen LogP contribution in [0.15, 0.2) is 78.2 Å². The lowest BCUT2D eigenvalue weighted by atomic mass is 10.1. The van der Waals surface area contributed by atoms with Gasteiger partial charge >= 0.3 is 6.18 Å². The second kappa shape index (κ2) is 8.85. The molecule has 5 rings (SSSR count). The van der Waals surface area contributed by atoms with E-state index >= 15 is 0 Å². The molecule has 3 heterocycles. The van der Waals surface area contributed by atoms with Crippen molar-refractivity contribution in [3.8, 4) is 11.3 Å². The molecular formula is C24H17F3N6O3S. The van der Waals surface area contributed by atoms with Crippen LogP contribution in [0.4, 0.5) is 24.8 Å². The van der Waals surface area contributed by atoms with Crippen molar-refractivity contribution in [2.45, 2.75) is 18.0 Å². The highest BCUT2D eigenvalue weighted by Crippen LogP contribution is 2.31. The lowest BCUT2D eigenvalue weighted by Crippen LogP contribution is -2.12. The average Bonchev–Trinajstić information content (AvgIpc) is 3.52. The highest BCUT2D eigenvalue weighted by molar-refractivity contribution is 7.90. The SMILES string of the molecule is Cc1cnc(Nc2ccc3c(ccn3S(=O)(=O)c3ccc(C(F)(F)F)cc3)c2)nc1-c1cnn(C=O)c1. The second-order valence-electron chi connectivity index (χ2n) is 8.08. The quantitative estimate of drug-likeness (QED) is 0.321. The van der Waals surface area contributed by atoms with Gasteiger partial charge in [-0.1, -0.05) is 0 Å². The van der Waals surface area contributed by atoms with Crippen LogP contribution in [0.3, 0.4) is 0 Å². The molecule has 0 saturated heterocycles. The average molecular weight is 527 g/mol. The number of alkyl halides is 3. The first-order valence-corrected chi connectivity index (χ1v) is 12.1. The maximum atomic E-state index is 13.1. The Morgan fingerprint density at radius 2 is 1.78 bits per heavy atom. The molecular weight excluding hydrogens is 509 g/mol. The van der Waals surface area contributed by atoms with Gasteiger partial charge in [0.2, 0.25) is 12.4 Å². The fourth-order valence-corrected chi connectivity index (χ4v) is 5.13. The first kappa shape index (κ1) is 24.2. The normalized spacial score (nSPS) is 12.1. The van der Waals surface area contributed by atoms with Crippen LogP contribution >= 0.6 is 0 Å². The predicted molar refractivity (Wildman–Crippen MR) is 129 cm³/mol. The zero-order valence-corrected chi connectivity index (χ0v) is 19.8. The van der Waals surface area contributed by atoms with Gasteiger partial charge in [0, 0.05) is 35.2 Å². The van der Waals surface area contributed by atoms with Crippen LogP contribution in [-0.2, 0) is 21.0 Å². The van der Waals surface area contributed by atoms with Crippen molar-refractivity contribution in [3.63, 3.8) is 0 Å². The summed E-state index contributed by atoms with van der Waals surface area (Å²) in [6.45, 7) is 1.82. The van der Waals surface area contributed by atoms with Crippen LogP contribution in [0, 0.1) is 6.92 Å². The van der Waals surface area contributed by atoms with Crippen molar-refractivity contribution in [2.24, 2.45) is 0 Å². The van der Waals surface area contributed by atoms with Crippen molar-refractivity contribution in [1.82, 2.24) is 23.7 Å². The second-order valence-corrected chi connectivity index (χ2v) is 9.89. The third kappa shape index (κ3) is 4.56. The van der Waals surface area contributed by atoms with Gasteiger partial charge in [0.1, 0.15) is 0 Å². The molecule has 0 aliphatic carbocycles. The molecule has 13 heteroatoms. The summed E-state index contributed by atoms with van der Waals surface area (Å²) in [4.78, 5) is 19.4. The number of nitrogens with zero attached hydrogens (tertiary/aromatic N) is 5. The number of anilines is 2. The fourth-order valence-electron chi connectivity index (χ4n) is 3.78. The minimum Gasteiger partial charge on any atom is -0.324 e. The number of aromatic nitrogens is 5. The van der Waals surface area contributed by atoms with Gasteiger partial charge in [0.05, 0.1) is 27.9 Å². The van der Waals surface area contributed by atoms with Crippen LogP contribution in [-0.4, -0.2) is 38.5 Å². The van der Waals surface area contributed by atoms with Crippen molar-refractivity contribution in [3.05, 3.63) is 84.4 Å². The Kier molecular flexibility index (Phi) is 5.79. The van der Waals surface area contributed by atoms with E-state index in [1.165, 1.54) is 18.6 Å². The Hall–Kier alpha value is -4.52. The molecule has 2 aromatic carbocycles. The number of hydrogen-bond acceptors (Lipinski definition) is 7. The van der Waals surface area contributed by atoms with Crippen molar-refractivity contribution in [1.29, 1.82) is 0 Å². The zero-order valence-electron chi connectivity index (χ0n) is 19.0. The molecule has 0 radical (unpaired) electrons. The van der Waals surface area contributed by atoms with E-state index in [0.29, 0.717) is 34.3 Å². The number of rotatable bonds is 6. The molecule has 0 bridgehead atoms. The van der Waals surface area contributed by atoms with E-state index in [0.717, 1.165) is 38.5 Å². The molecule has 0 saturated carbocycles. The first-order valence-electron chi connectivity index (χ1n) is 10.7. The van der Waals surface area contributed by atoms with Crippen molar-refractivity contribution in [2.75, 3.05) is 5.32 Å². The van der Waals surface area contributed by atoms with Crippen LogP contribution in [0.2, 0.25) is 0 Å². The molecule has 0 aliphatic rings. The van der Waals surface area contributed by atoms with Crippen LogP contribution in [0.1, 0.15) is 11.1 Å². The van der Waals surface area contributed by atoms with Gasteiger partial charge in [0.25, 0.3) is 10.0 Å². The molecule has 188 valence electrons. The van der Waals surface area contributed by atoms with Gasteiger partial charge in [-0.2, -0.15) is 18.3 Å². The smallest absolute Gasteiger partial charge is 0.324 e. The third-order valence-electron chi connectivity index (χ3n) is 5.60. The number of halogens is 3. The number of hydrogen-bond donors (Lipinski definition) is 1. The number of benzene rings is 2. The maximum Gasteiger partial charge on any atom is 0.416 e. The number of nitrogens with one attached hydrogen (secondary N) is 1. The van der Waals surface area contributed by atoms with Crippen LogP contribution in [0.5, 0.6) is 0 Å². The summed E-state index contributed by atoms with van der Waals surface area (Å²) in [6, 6.07) is 9.83. The van der Waals surface area contributed by atoms with E-state index in [-0.39, 0.29) is 10.8 Å². The highest BCUT2D eigenvalue weighted by atomic mass is 32.2. The summed E-state index contributed by atoms with van der Waals surface area (Å²) < 4.78 is 66.9. The largest absolute Gasteiger partial charge is 0.416 e. The van der Waals surface area contributed by atoms with Gasteiger partial charge in [-0.05, 0) is 61.0 Å². The molecule has 1 N–H and O–H groups in total.